The molecule has 1 heterocycles. The molecule has 1 aliphatic heterocycles. The van der Waals surface area contributed by atoms with E-state index in [4.69, 9.17) is 9.47 Å². The van der Waals surface area contributed by atoms with Gasteiger partial charge in [0.2, 0.25) is 0 Å². The van der Waals surface area contributed by atoms with E-state index >= 15 is 0 Å². The molecule has 1 fully saturated rings. The Morgan fingerprint density at radius 1 is 1.37 bits per heavy atom. The second-order valence-corrected chi connectivity index (χ2v) is 6.24. The molecule has 2 rings (SSSR count). The molecular weight excluding hydrogens is 238 g/mol. The molecule has 1 N–H and O–H groups in total. The molecule has 0 aromatic heterocycles. The standard InChI is InChI=1S/C16H25NO2/c1-12(2)14-7-5-6-8-15(14)19-10-13-9-18-11-16(3,4)17-13/h5-8,12-13,17H,9-11H2,1-4H3. The number of hydrogen-bond acceptors (Lipinski definition) is 3. The fourth-order valence-electron chi connectivity index (χ4n) is 2.46. The lowest BCUT2D eigenvalue weighted by atomic mass is 10.0. The van der Waals surface area contributed by atoms with Crippen molar-refractivity contribution in [1.82, 2.24) is 5.32 Å². The first-order chi connectivity index (χ1) is 8.98. The minimum atomic E-state index is 0.0316. The van der Waals surface area contributed by atoms with Crippen molar-refractivity contribution in [1.29, 1.82) is 0 Å². The topological polar surface area (TPSA) is 30.5 Å². The fraction of sp³-hybridized carbons (Fsp3) is 0.625. The first kappa shape index (κ1) is 14.4. The van der Waals surface area contributed by atoms with Crippen LogP contribution in [0.3, 0.4) is 0 Å². The van der Waals surface area contributed by atoms with Crippen molar-refractivity contribution in [2.45, 2.75) is 45.2 Å². The molecule has 0 saturated carbocycles. The molecule has 1 aromatic carbocycles. The molecule has 1 atom stereocenters. The molecule has 0 radical (unpaired) electrons. The Balaban J connectivity index is 1.95. The van der Waals surface area contributed by atoms with E-state index in [-0.39, 0.29) is 11.6 Å². The van der Waals surface area contributed by atoms with E-state index in [0.29, 0.717) is 19.1 Å². The molecule has 1 unspecified atom stereocenters. The monoisotopic (exact) mass is 263 g/mol. The van der Waals surface area contributed by atoms with Gasteiger partial charge in [-0.15, -0.1) is 0 Å². The minimum Gasteiger partial charge on any atom is -0.492 e. The molecule has 0 amide bonds. The number of nitrogens with one attached hydrogen (secondary N) is 1. The first-order valence-corrected chi connectivity index (χ1v) is 7.05. The maximum atomic E-state index is 5.99. The third kappa shape index (κ3) is 3.95. The third-order valence-corrected chi connectivity index (χ3v) is 3.36. The smallest absolute Gasteiger partial charge is 0.122 e. The van der Waals surface area contributed by atoms with E-state index in [2.05, 4.69) is 45.1 Å². The van der Waals surface area contributed by atoms with E-state index in [0.717, 1.165) is 12.4 Å². The fourth-order valence-corrected chi connectivity index (χ4v) is 2.46. The van der Waals surface area contributed by atoms with Crippen LogP contribution in [-0.4, -0.2) is 31.4 Å². The Kier molecular flexibility index (Phi) is 4.48. The van der Waals surface area contributed by atoms with Crippen LogP contribution in [0.1, 0.15) is 39.2 Å². The lowest BCUT2D eigenvalue weighted by Crippen LogP contribution is -2.57. The summed E-state index contributed by atoms with van der Waals surface area (Å²) < 4.78 is 11.6. The van der Waals surface area contributed by atoms with Crippen LogP contribution < -0.4 is 10.1 Å². The highest BCUT2D eigenvalue weighted by Gasteiger charge is 2.28. The normalized spacial score (nSPS) is 22.5. The highest BCUT2D eigenvalue weighted by molar-refractivity contribution is 5.35. The summed E-state index contributed by atoms with van der Waals surface area (Å²) in [6, 6.07) is 8.52. The Bertz CT molecular complexity index is 415. The molecule has 1 saturated heterocycles. The summed E-state index contributed by atoms with van der Waals surface area (Å²) >= 11 is 0. The number of benzene rings is 1. The van der Waals surface area contributed by atoms with Crippen LogP contribution in [-0.2, 0) is 4.74 Å². The van der Waals surface area contributed by atoms with Gasteiger partial charge < -0.3 is 14.8 Å². The quantitative estimate of drug-likeness (QED) is 0.906. The van der Waals surface area contributed by atoms with Gasteiger partial charge >= 0.3 is 0 Å². The van der Waals surface area contributed by atoms with Gasteiger partial charge in [0.15, 0.2) is 0 Å². The van der Waals surface area contributed by atoms with E-state index in [9.17, 15) is 0 Å². The van der Waals surface area contributed by atoms with Gasteiger partial charge in [-0.3, -0.25) is 0 Å². The van der Waals surface area contributed by atoms with Gasteiger partial charge in [-0.05, 0) is 31.4 Å². The van der Waals surface area contributed by atoms with Crippen molar-refractivity contribution in [2.24, 2.45) is 0 Å². The number of ether oxygens (including phenoxy) is 2. The summed E-state index contributed by atoms with van der Waals surface area (Å²) in [6.07, 6.45) is 0. The van der Waals surface area contributed by atoms with Crippen LogP contribution >= 0.6 is 0 Å². The summed E-state index contributed by atoms with van der Waals surface area (Å²) in [4.78, 5) is 0. The van der Waals surface area contributed by atoms with Gasteiger partial charge in [0, 0.05) is 5.54 Å². The Morgan fingerprint density at radius 3 is 2.79 bits per heavy atom. The average molecular weight is 263 g/mol. The number of rotatable bonds is 4. The summed E-state index contributed by atoms with van der Waals surface area (Å²) in [6.45, 7) is 10.8. The van der Waals surface area contributed by atoms with Crippen LogP contribution in [0, 0.1) is 0 Å². The van der Waals surface area contributed by atoms with E-state index in [1.165, 1.54) is 5.56 Å². The molecular formula is C16H25NO2. The van der Waals surface area contributed by atoms with Gasteiger partial charge in [0.1, 0.15) is 12.4 Å². The number of morpholine rings is 1. The first-order valence-electron chi connectivity index (χ1n) is 7.05. The second kappa shape index (κ2) is 5.93. The molecule has 3 heteroatoms. The number of para-hydroxylation sites is 1. The molecule has 0 spiro atoms. The van der Waals surface area contributed by atoms with Gasteiger partial charge in [0.25, 0.3) is 0 Å². The summed E-state index contributed by atoms with van der Waals surface area (Å²) in [5.74, 6) is 1.46. The van der Waals surface area contributed by atoms with Crippen molar-refractivity contribution in [2.75, 3.05) is 19.8 Å². The van der Waals surface area contributed by atoms with Crippen molar-refractivity contribution in [3.05, 3.63) is 29.8 Å². The van der Waals surface area contributed by atoms with Gasteiger partial charge in [-0.25, -0.2) is 0 Å². The summed E-state index contributed by atoms with van der Waals surface area (Å²) in [5, 5.41) is 3.56. The Labute approximate surface area is 116 Å². The average Bonchev–Trinajstić information content (AvgIpc) is 2.35. The van der Waals surface area contributed by atoms with E-state index in [1.54, 1.807) is 0 Å². The zero-order chi connectivity index (χ0) is 13.9. The zero-order valence-corrected chi connectivity index (χ0v) is 12.4. The van der Waals surface area contributed by atoms with Crippen LogP contribution in [0.4, 0.5) is 0 Å². The molecule has 0 aliphatic carbocycles. The Morgan fingerprint density at radius 2 is 2.11 bits per heavy atom. The van der Waals surface area contributed by atoms with Crippen molar-refractivity contribution < 1.29 is 9.47 Å². The maximum Gasteiger partial charge on any atom is 0.122 e. The zero-order valence-electron chi connectivity index (χ0n) is 12.4. The van der Waals surface area contributed by atoms with Crippen LogP contribution in [0.2, 0.25) is 0 Å². The van der Waals surface area contributed by atoms with Crippen LogP contribution in [0.5, 0.6) is 5.75 Å². The third-order valence-electron chi connectivity index (χ3n) is 3.36. The van der Waals surface area contributed by atoms with E-state index < -0.39 is 0 Å². The minimum absolute atomic E-state index is 0.0316. The van der Waals surface area contributed by atoms with Crippen molar-refractivity contribution in [3.63, 3.8) is 0 Å². The lowest BCUT2D eigenvalue weighted by Gasteiger charge is -2.36. The molecule has 106 valence electrons. The summed E-state index contributed by atoms with van der Waals surface area (Å²) in [5.41, 5.74) is 1.29. The molecule has 1 aromatic rings. The van der Waals surface area contributed by atoms with Gasteiger partial charge in [-0.2, -0.15) is 0 Å². The van der Waals surface area contributed by atoms with E-state index in [1.807, 2.05) is 12.1 Å². The molecule has 1 aliphatic rings. The van der Waals surface area contributed by atoms with Crippen molar-refractivity contribution in [3.8, 4) is 5.75 Å². The highest BCUT2D eigenvalue weighted by Crippen LogP contribution is 2.26. The highest BCUT2D eigenvalue weighted by atomic mass is 16.5. The number of hydrogen-bond donors (Lipinski definition) is 1. The predicted octanol–water partition coefficient (Wildman–Crippen LogP) is 2.96. The molecule has 3 nitrogen and oxygen atoms in total. The van der Waals surface area contributed by atoms with Crippen LogP contribution in [0.25, 0.3) is 0 Å². The second-order valence-electron chi connectivity index (χ2n) is 6.24. The van der Waals surface area contributed by atoms with Crippen molar-refractivity contribution >= 4 is 0 Å². The molecule has 0 bridgehead atoms. The molecule has 19 heavy (non-hydrogen) atoms. The SMILES string of the molecule is CC(C)c1ccccc1OCC1COCC(C)(C)N1. The van der Waals surface area contributed by atoms with Crippen LogP contribution in [0.15, 0.2) is 24.3 Å². The summed E-state index contributed by atoms with van der Waals surface area (Å²) in [7, 11) is 0. The maximum absolute atomic E-state index is 5.99. The lowest BCUT2D eigenvalue weighted by molar-refractivity contribution is 0.000839. The van der Waals surface area contributed by atoms with Gasteiger partial charge in [0.05, 0.1) is 19.3 Å². The predicted molar refractivity (Wildman–Crippen MR) is 77.8 cm³/mol. The largest absolute Gasteiger partial charge is 0.492 e. The Hall–Kier alpha value is -1.06. The van der Waals surface area contributed by atoms with Gasteiger partial charge in [-0.1, -0.05) is 32.0 Å².